The fourth-order valence-electron chi connectivity index (χ4n) is 3.41. The number of rotatable bonds is 7. The van der Waals surface area contributed by atoms with Crippen molar-refractivity contribution < 1.29 is 19.1 Å². The number of piperazine rings is 1. The summed E-state index contributed by atoms with van der Waals surface area (Å²) >= 11 is 1.38. The molecule has 1 N–H and O–H groups in total. The quantitative estimate of drug-likeness (QED) is 0.538. The Morgan fingerprint density at radius 2 is 1.77 bits per heavy atom. The standard InChI is InChI=1S/C22H27N3O4S/c1-4-29-22(28)19-13-15(2)30-21(19)23-20(27)14-24-9-11-25(12-10-24)18-7-5-17(6-8-18)16(3)26/h5-8,13H,4,9-12,14H2,1-3H3,(H,23,27). The van der Waals surface area contributed by atoms with Gasteiger partial charge in [-0.15, -0.1) is 11.3 Å². The lowest BCUT2D eigenvalue weighted by Crippen LogP contribution is -2.48. The van der Waals surface area contributed by atoms with Gasteiger partial charge in [-0.1, -0.05) is 0 Å². The number of amides is 1. The van der Waals surface area contributed by atoms with Crippen LogP contribution in [0.1, 0.15) is 39.4 Å². The van der Waals surface area contributed by atoms with Gasteiger partial charge in [0, 0.05) is 42.3 Å². The maximum Gasteiger partial charge on any atom is 0.341 e. The molecule has 1 aromatic carbocycles. The molecule has 8 heteroatoms. The number of aryl methyl sites for hydroxylation is 1. The number of nitrogens with one attached hydrogen (secondary N) is 1. The van der Waals surface area contributed by atoms with Gasteiger partial charge in [-0.2, -0.15) is 0 Å². The molecule has 1 saturated heterocycles. The van der Waals surface area contributed by atoms with Gasteiger partial charge < -0.3 is 15.0 Å². The summed E-state index contributed by atoms with van der Waals surface area (Å²) in [6.45, 7) is 8.91. The van der Waals surface area contributed by atoms with E-state index >= 15 is 0 Å². The predicted molar refractivity (Wildman–Crippen MR) is 119 cm³/mol. The SMILES string of the molecule is CCOC(=O)c1cc(C)sc1NC(=O)CN1CCN(c2ccc(C(C)=O)cc2)CC1. The third-order valence-corrected chi connectivity index (χ3v) is 5.95. The second kappa shape index (κ2) is 9.86. The first kappa shape index (κ1) is 22.0. The largest absolute Gasteiger partial charge is 0.462 e. The molecule has 2 aromatic rings. The van der Waals surface area contributed by atoms with Gasteiger partial charge in [0.05, 0.1) is 18.7 Å². The molecule has 1 aromatic heterocycles. The molecular formula is C22H27N3O4S. The summed E-state index contributed by atoms with van der Waals surface area (Å²) < 4.78 is 5.07. The van der Waals surface area contributed by atoms with Gasteiger partial charge in [0.25, 0.3) is 0 Å². The van der Waals surface area contributed by atoms with Crippen LogP contribution >= 0.6 is 11.3 Å². The molecule has 1 amide bonds. The Morgan fingerprint density at radius 3 is 2.37 bits per heavy atom. The number of hydrogen-bond donors (Lipinski definition) is 1. The van der Waals surface area contributed by atoms with E-state index in [-0.39, 0.29) is 18.2 Å². The number of hydrogen-bond acceptors (Lipinski definition) is 7. The maximum atomic E-state index is 12.5. The van der Waals surface area contributed by atoms with Crippen LogP contribution in [0.3, 0.4) is 0 Å². The molecule has 0 atom stereocenters. The highest BCUT2D eigenvalue weighted by atomic mass is 32.1. The smallest absolute Gasteiger partial charge is 0.341 e. The highest BCUT2D eigenvalue weighted by Crippen LogP contribution is 2.28. The van der Waals surface area contributed by atoms with Crippen LogP contribution in [0.25, 0.3) is 0 Å². The van der Waals surface area contributed by atoms with Crippen molar-refractivity contribution in [3.63, 3.8) is 0 Å². The van der Waals surface area contributed by atoms with Gasteiger partial charge >= 0.3 is 5.97 Å². The first-order valence-corrected chi connectivity index (χ1v) is 10.8. The summed E-state index contributed by atoms with van der Waals surface area (Å²) in [5.74, 6) is -0.493. The van der Waals surface area contributed by atoms with E-state index in [1.165, 1.54) is 11.3 Å². The highest BCUT2D eigenvalue weighted by Gasteiger charge is 2.22. The topological polar surface area (TPSA) is 79.0 Å². The van der Waals surface area contributed by atoms with Gasteiger partial charge in [-0.25, -0.2) is 4.79 Å². The summed E-state index contributed by atoms with van der Waals surface area (Å²) in [5.41, 5.74) is 2.20. The summed E-state index contributed by atoms with van der Waals surface area (Å²) in [4.78, 5) is 41.3. The number of thiophene rings is 1. The molecule has 1 aliphatic heterocycles. The van der Waals surface area contributed by atoms with E-state index in [0.29, 0.717) is 22.7 Å². The number of carbonyl (C=O) groups is 3. The first-order valence-electron chi connectivity index (χ1n) is 10.0. The highest BCUT2D eigenvalue weighted by molar-refractivity contribution is 7.16. The lowest BCUT2D eigenvalue weighted by molar-refractivity contribution is -0.117. The molecule has 0 spiro atoms. The zero-order valence-corrected chi connectivity index (χ0v) is 18.4. The van der Waals surface area contributed by atoms with E-state index in [9.17, 15) is 14.4 Å². The first-order chi connectivity index (χ1) is 14.4. The number of anilines is 2. The third kappa shape index (κ3) is 5.46. The third-order valence-electron chi connectivity index (χ3n) is 4.98. The van der Waals surface area contributed by atoms with Crippen LogP contribution < -0.4 is 10.2 Å². The van der Waals surface area contributed by atoms with Gasteiger partial charge in [-0.05, 0) is 51.1 Å². The second-order valence-corrected chi connectivity index (χ2v) is 8.49. The average molecular weight is 430 g/mol. The molecule has 2 heterocycles. The number of ketones is 1. The normalized spacial score (nSPS) is 14.4. The monoisotopic (exact) mass is 429 g/mol. The zero-order valence-electron chi connectivity index (χ0n) is 17.6. The molecule has 0 bridgehead atoms. The molecule has 7 nitrogen and oxygen atoms in total. The van der Waals surface area contributed by atoms with Crippen LogP contribution in [0.2, 0.25) is 0 Å². The van der Waals surface area contributed by atoms with Crippen LogP contribution in [0.4, 0.5) is 10.7 Å². The molecule has 1 aliphatic rings. The van der Waals surface area contributed by atoms with E-state index < -0.39 is 5.97 Å². The molecule has 1 fully saturated rings. The van der Waals surface area contributed by atoms with Crippen molar-refractivity contribution in [3.05, 3.63) is 46.3 Å². The van der Waals surface area contributed by atoms with Crippen molar-refractivity contribution in [1.82, 2.24) is 4.90 Å². The Labute approximate surface area is 180 Å². The van der Waals surface area contributed by atoms with Crippen LogP contribution in [0, 0.1) is 6.92 Å². The molecular weight excluding hydrogens is 402 g/mol. The van der Waals surface area contributed by atoms with Crippen LogP contribution in [-0.2, 0) is 9.53 Å². The van der Waals surface area contributed by atoms with Crippen molar-refractivity contribution in [2.24, 2.45) is 0 Å². The Hall–Kier alpha value is -2.71. The van der Waals surface area contributed by atoms with Crippen molar-refractivity contribution in [2.45, 2.75) is 20.8 Å². The number of Topliss-reactive ketones (excluding diaryl/α,β-unsaturated/α-hetero) is 1. The number of benzene rings is 1. The Balaban J connectivity index is 1.52. The number of nitrogens with zero attached hydrogens (tertiary/aromatic N) is 2. The van der Waals surface area contributed by atoms with Crippen LogP contribution in [-0.4, -0.2) is 61.9 Å². The fraction of sp³-hybridized carbons (Fsp3) is 0.409. The number of esters is 1. The molecule has 30 heavy (non-hydrogen) atoms. The lowest BCUT2D eigenvalue weighted by atomic mass is 10.1. The summed E-state index contributed by atoms with van der Waals surface area (Å²) in [5, 5.41) is 3.41. The molecule has 0 unspecified atom stereocenters. The van der Waals surface area contributed by atoms with Crippen LogP contribution in [0.5, 0.6) is 0 Å². The van der Waals surface area contributed by atoms with Crippen molar-refractivity contribution in [2.75, 3.05) is 49.5 Å². The van der Waals surface area contributed by atoms with E-state index in [4.69, 9.17) is 4.74 Å². The molecule has 3 rings (SSSR count). The Bertz CT molecular complexity index is 915. The fourth-order valence-corrected chi connectivity index (χ4v) is 4.32. The van der Waals surface area contributed by atoms with Crippen molar-refractivity contribution >= 4 is 39.7 Å². The number of ether oxygens (including phenoxy) is 1. The van der Waals surface area contributed by atoms with E-state index in [1.54, 1.807) is 19.9 Å². The minimum absolute atomic E-state index is 0.0597. The summed E-state index contributed by atoms with van der Waals surface area (Å²) in [6, 6.07) is 9.38. The Morgan fingerprint density at radius 1 is 1.10 bits per heavy atom. The lowest BCUT2D eigenvalue weighted by Gasteiger charge is -2.35. The minimum atomic E-state index is -0.415. The van der Waals surface area contributed by atoms with Gasteiger partial charge in [0.1, 0.15) is 5.00 Å². The van der Waals surface area contributed by atoms with E-state index in [0.717, 1.165) is 36.7 Å². The van der Waals surface area contributed by atoms with E-state index in [2.05, 4.69) is 15.1 Å². The van der Waals surface area contributed by atoms with Gasteiger partial charge in [-0.3, -0.25) is 14.5 Å². The van der Waals surface area contributed by atoms with Crippen molar-refractivity contribution in [1.29, 1.82) is 0 Å². The van der Waals surface area contributed by atoms with Gasteiger partial charge in [0.15, 0.2) is 5.78 Å². The summed E-state index contributed by atoms with van der Waals surface area (Å²) in [7, 11) is 0. The average Bonchev–Trinajstić information content (AvgIpc) is 3.09. The Kier molecular flexibility index (Phi) is 7.23. The molecule has 160 valence electrons. The molecule has 0 saturated carbocycles. The maximum absolute atomic E-state index is 12.5. The van der Waals surface area contributed by atoms with Gasteiger partial charge in [0.2, 0.25) is 5.91 Å². The van der Waals surface area contributed by atoms with Crippen molar-refractivity contribution in [3.8, 4) is 0 Å². The zero-order chi connectivity index (χ0) is 21.7. The van der Waals surface area contributed by atoms with E-state index in [1.807, 2.05) is 31.2 Å². The molecule has 0 aliphatic carbocycles. The molecule has 0 radical (unpaired) electrons. The summed E-state index contributed by atoms with van der Waals surface area (Å²) in [6.07, 6.45) is 0. The predicted octanol–water partition coefficient (Wildman–Crippen LogP) is 3.20. The number of carbonyl (C=O) groups excluding carboxylic acids is 3. The van der Waals surface area contributed by atoms with Crippen LogP contribution in [0.15, 0.2) is 30.3 Å². The minimum Gasteiger partial charge on any atom is -0.462 e. The second-order valence-electron chi connectivity index (χ2n) is 7.23.